The van der Waals surface area contributed by atoms with Gasteiger partial charge in [-0.25, -0.2) is 0 Å². The number of likely N-dealkylation sites (N-methyl/N-ethyl adjacent to an activating group) is 1. The Labute approximate surface area is 164 Å². The smallest absolute Gasteiger partial charge is 0.191 e. The summed E-state index contributed by atoms with van der Waals surface area (Å²) in [7, 11) is 4.08. The number of nitrogens with zero attached hydrogens (tertiary/aromatic N) is 2. The predicted molar refractivity (Wildman–Crippen MR) is 114 cm³/mol. The molecule has 2 N–H and O–H groups in total. The van der Waals surface area contributed by atoms with Gasteiger partial charge in [-0.2, -0.15) is 0 Å². The zero-order valence-corrected chi connectivity index (χ0v) is 17.6. The van der Waals surface area contributed by atoms with Gasteiger partial charge in [0.25, 0.3) is 0 Å². The summed E-state index contributed by atoms with van der Waals surface area (Å²) in [6.45, 7) is 4.15. The summed E-state index contributed by atoms with van der Waals surface area (Å²) in [6.07, 6.45) is 6.90. The molecule has 4 nitrogen and oxygen atoms in total. The lowest BCUT2D eigenvalue weighted by Crippen LogP contribution is -2.44. The van der Waals surface area contributed by atoms with Crippen molar-refractivity contribution in [3.63, 3.8) is 0 Å². The first kappa shape index (κ1) is 21.2. The van der Waals surface area contributed by atoms with E-state index in [1.165, 1.54) is 37.7 Å². The standard InChI is InChI=1S/C19H32N4.HI/c1-16(17-10-6-4-7-11-17)22-19(20-2)21-14-15-23(3)18-12-8-5-9-13-18;/h4,6-7,10-11,16,18H,5,8-9,12-15H2,1-3H3,(H2,20,21,22);1H. The van der Waals surface area contributed by atoms with Gasteiger partial charge in [-0.1, -0.05) is 49.6 Å². The Bertz CT molecular complexity index is 472. The van der Waals surface area contributed by atoms with Gasteiger partial charge in [0.05, 0.1) is 6.04 Å². The second-order valence-electron chi connectivity index (χ2n) is 6.55. The van der Waals surface area contributed by atoms with Gasteiger partial charge in [0.2, 0.25) is 0 Å². The van der Waals surface area contributed by atoms with Crippen molar-refractivity contribution in [2.24, 2.45) is 4.99 Å². The molecule has 0 spiro atoms. The molecular weight excluding hydrogens is 411 g/mol. The quantitative estimate of drug-likeness (QED) is 0.399. The molecule has 0 aliphatic heterocycles. The first-order valence-electron chi connectivity index (χ1n) is 8.93. The van der Waals surface area contributed by atoms with Crippen molar-refractivity contribution >= 4 is 29.9 Å². The molecule has 1 aliphatic rings. The number of nitrogens with one attached hydrogen (secondary N) is 2. The summed E-state index contributed by atoms with van der Waals surface area (Å²) in [5.41, 5.74) is 1.27. The third-order valence-electron chi connectivity index (χ3n) is 4.83. The van der Waals surface area contributed by atoms with Crippen molar-refractivity contribution in [2.75, 3.05) is 27.2 Å². The number of aliphatic imine (C=N–C) groups is 1. The van der Waals surface area contributed by atoms with E-state index in [-0.39, 0.29) is 30.0 Å². The summed E-state index contributed by atoms with van der Waals surface area (Å²) in [4.78, 5) is 6.84. The molecule has 0 heterocycles. The Morgan fingerprint density at radius 3 is 2.50 bits per heavy atom. The fraction of sp³-hybridized carbons (Fsp3) is 0.632. The Morgan fingerprint density at radius 1 is 1.21 bits per heavy atom. The molecule has 24 heavy (non-hydrogen) atoms. The van der Waals surface area contributed by atoms with Crippen LogP contribution in [0.15, 0.2) is 35.3 Å². The lowest BCUT2D eigenvalue weighted by Gasteiger charge is -2.31. The minimum absolute atomic E-state index is 0. The summed E-state index contributed by atoms with van der Waals surface area (Å²) in [5, 5.41) is 6.89. The summed E-state index contributed by atoms with van der Waals surface area (Å²) in [5.74, 6) is 0.874. The molecule has 0 amide bonds. The van der Waals surface area contributed by atoms with Crippen LogP contribution >= 0.6 is 24.0 Å². The molecule has 1 fully saturated rings. The first-order chi connectivity index (χ1) is 11.2. The zero-order chi connectivity index (χ0) is 16.5. The van der Waals surface area contributed by atoms with E-state index >= 15 is 0 Å². The van der Waals surface area contributed by atoms with Gasteiger partial charge in [0.15, 0.2) is 5.96 Å². The van der Waals surface area contributed by atoms with Gasteiger partial charge in [-0.3, -0.25) is 4.99 Å². The molecule has 0 saturated heterocycles. The van der Waals surface area contributed by atoms with Crippen molar-refractivity contribution < 1.29 is 0 Å². The molecule has 2 rings (SSSR count). The van der Waals surface area contributed by atoms with Crippen molar-refractivity contribution in [2.45, 2.75) is 51.1 Å². The number of hydrogen-bond acceptors (Lipinski definition) is 2. The maximum absolute atomic E-state index is 4.34. The summed E-state index contributed by atoms with van der Waals surface area (Å²) < 4.78 is 0. The Kier molecular flexibility index (Phi) is 10.3. The van der Waals surface area contributed by atoms with E-state index in [1.54, 1.807) is 0 Å². The van der Waals surface area contributed by atoms with Crippen molar-refractivity contribution in [3.05, 3.63) is 35.9 Å². The highest BCUT2D eigenvalue weighted by Gasteiger charge is 2.17. The number of guanidine groups is 1. The summed E-state index contributed by atoms with van der Waals surface area (Å²) >= 11 is 0. The topological polar surface area (TPSA) is 39.7 Å². The van der Waals surface area contributed by atoms with Crippen LogP contribution in [0.1, 0.15) is 50.6 Å². The van der Waals surface area contributed by atoms with Gasteiger partial charge in [0.1, 0.15) is 0 Å². The van der Waals surface area contributed by atoms with E-state index in [0.29, 0.717) is 0 Å². The highest BCUT2D eigenvalue weighted by molar-refractivity contribution is 14.0. The maximum atomic E-state index is 4.34. The van der Waals surface area contributed by atoms with Gasteiger partial charge in [-0.05, 0) is 32.4 Å². The maximum Gasteiger partial charge on any atom is 0.191 e. The molecule has 0 bridgehead atoms. The predicted octanol–water partition coefficient (Wildman–Crippen LogP) is 3.80. The van der Waals surface area contributed by atoms with Crippen LogP contribution in [0.25, 0.3) is 0 Å². The minimum atomic E-state index is 0. The first-order valence-corrected chi connectivity index (χ1v) is 8.93. The van der Waals surface area contributed by atoms with Gasteiger partial charge < -0.3 is 15.5 Å². The second-order valence-corrected chi connectivity index (χ2v) is 6.55. The van der Waals surface area contributed by atoms with Crippen LogP contribution in [0.4, 0.5) is 0 Å². The molecule has 1 unspecified atom stereocenters. The van der Waals surface area contributed by atoms with Crippen LogP contribution in [-0.2, 0) is 0 Å². The van der Waals surface area contributed by atoms with Gasteiger partial charge >= 0.3 is 0 Å². The fourth-order valence-corrected chi connectivity index (χ4v) is 3.28. The largest absolute Gasteiger partial charge is 0.355 e. The Morgan fingerprint density at radius 2 is 1.88 bits per heavy atom. The molecule has 5 heteroatoms. The van der Waals surface area contributed by atoms with E-state index in [1.807, 2.05) is 13.1 Å². The molecular formula is C19H33IN4. The lowest BCUT2D eigenvalue weighted by atomic mass is 9.94. The highest BCUT2D eigenvalue weighted by Crippen LogP contribution is 2.21. The average Bonchev–Trinajstić information content (AvgIpc) is 2.62. The number of rotatable bonds is 6. The van der Waals surface area contributed by atoms with E-state index in [0.717, 1.165) is 25.1 Å². The molecule has 1 aliphatic carbocycles. The third kappa shape index (κ3) is 6.97. The van der Waals surface area contributed by atoms with Crippen LogP contribution < -0.4 is 10.6 Å². The number of hydrogen-bond donors (Lipinski definition) is 2. The van der Waals surface area contributed by atoms with Crippen LogP contribution in [0.5, 0.6) is 0 Å². The number of halogens is 1. The molecule has 1 atom stereocenters. The lowest BCUT2D eigenvalue weighted by molar-refractivity contribution is 0.194. The van der Waals surface area contributed by atoms with Gasteiger partial charge in [-0.15, -0.1) is 24.0 Å². The monoisotopic (exact) mass is 444 g/mol. The molecule has 1 saturated carbocycles. The second kappa shape index (κ2) is 11.7. The molecule has 1 aromatic carbocycles. The van der Waals surface area contributed by atoms with E-state index in [2.05, 4.69) is 58.8 Å². The third-order valence-corrected chi connectivity index (χ3v) is 4.83. The molecule has 1 aromatic rings. The van der Waals surface area contributed by atoms with Crippen molar-refractivity contribution in [1.82, 2.24) is 15.5 Å². The van der Waals surface area contributed by atoms with E-state index in [4.69, 9.17) is 0 Å². The average molecular weight is 444 g/mol. The van der Waals surface area contributed by atoms with E-state index in [9.17, 15) is 0 Å². The normalized spacial score (nSPS) is 17.2. The van der Waals surface area contributed by atoms with Gasteiger partial charge in [0, 0.05) is 26.2 Å². The van der Waals surface area contributed by atoms with Crippen LogP contribution in [0.3, 0.4) is 0 Å². The summed E-state index contributed by atoms with van der Waals surface area (Å²) in [6, 6.07) is 11.5. The van der Waals surface area contributed by atoms with Crippen molar-refractivity contribution in [3.8, 4) is 0 Å². The minimum Gasteiger partial charge on any atom is -0.355 e. The molecule has 136 valence electrons. The van der Waals surface area contributed by atoms with Crippen LogP contribution in [-0.4, -0.2) is 44.1 Å². The molecule has 0 radical (unpaired) electrons. The molecule has 0 aromatic heterocycles. The Hall–Kier alpha value is -0.820. The highest BCUT2D eigenvalue weighted by atomic mass is 127. The fourth-order valence-electron chi connectivity index (χ4n) is 3.28. The zero-order valence-electron chi connectivity index (χ0n) is 15.3. The van der Waals surface area contributed by atoms with Crippen LogP contribution in [0.2, 0.25) is 0 Å². The van der Waals surface area contributed by atoms with Crippen molar-refractivity contribution in [1.29, 1.82) is 0 Å². The SMILES string of the molecule is CN=C(NCCN(C)C1CCCCC1)NC(C)c1ccccc1.I. The number of benzene rings is 1. The van der Waals surface area contributed by atoms with E-state index < -0.39 is 0 Å². The van der Waals surface area contributed by atoms with Crippen LogP contribution in [0, 0.1) is 0 Å². The Balaban J connectivity index is 0.00000288.